The molecule has 1 aliphatic heterocycles. The molecule has 1 aliphatic rings. The van der Waals surface area contributed by atoms with Crippen molar-refractivity contribution in [2.75, 3.05) is 29.6 Å². The monoisotopic (exact) mass is 330 g/mol. The molecule has 0 aromatic heterocycles. The number of fused-ring (bicyclic) bond motifs is 1. The maximum atomic E-state index is 13.4. The minimum Gasteiger partial charge on any atom is -0.387 e. The van der Waals surface area contributed by atoms with Crippen molar-refractivity contribution in [2.45, 2.75) is 31.7 Å². The van der Waals surface area contributed by atoms with Crippen molar-refractivity contribution < 1.29 is 4.39 Å². The Labute approximate surface area is 142 Å². The van der Waals surface area contributed by atoms with Crippen LogP contribution in [0.2, 0.25) is 0 Å². The molecular formula is C19H23FN2S. The molecule has 0 spiro atoms. The first-order valence-electron chi connectivity index (χ1n) is 8.09. The van der Waals surface area contributed by atoms with E-state index in [-0.39, 0.29) is 5.82 Å². The van der Waals surface area contributed by atoms with Gasteiger partial charge in [-0.3, -0.25) is 0 Å². The summed E-state index contributed by atoms with van der Waals surface area (Å²) in [6, 6.07) is 9.70. The lowest BCUT2D eigenvalue weighted by Crippen LogP contribution is -2.30. The molecule has 0 aliphatic carbocycles. The van der Waals surface area contributed by atoms with E-state index in [0.717, 1.165) is 30.8 Å². The second-order valence-electron chi connectivity index (χ2n) is 5.90. The van der Waals surface area contributed by atoms with Gasteiger partial charge in [0.25, 0.3) is 0 Å². The van der Waals surface area contributed by atoms with Gasteiger partial charge in [0.1, 0.15) is 5.82 Å². The van der Waals surface area contributed by atoms with Gasteiger partial charge in [0, 0.05) is 30.7 Å². The lowest BCUT2D eigenvalue weighted by Gasteiger charge is -2.31. The van der Waals surface area contributed by atoms with E-state index >= 15 is 0 Å². The average molecular weight is 330 g/mol. The Bertz CT molecular complexity index is 715. The minimum absolute atomic E-state index is 0.131. The Morgan fingerprint density at radius 2 is 2.04 bits per heavy atom. The fourth-order valence-corrected chi connectivity index (χ4v) is 4.17. The molecule has 23 heavy (non-hydrogen) atoms. The summed E-state index contributed by atoms with van der Waals surface area (Å²) in [7, 11) is 1.98. The van der Waals surface area contributed by atoms with E-state index in [2.05, 4.69) is 36.2 Å². The van der Waals surface area contributed by atoms with Gasteiger partial charge in [-0.05, 0) is 60.1 Å². The van der Waals surface area contributed by atoms with Crippen LogP contribution in [0, 0.1) is 12.7 Å². The fraction of sp³-hybridized carbons (Fsp3) is 0.368. The largest absolute Gasteiger partial charge is 0.387 e. The molecule has 122 valence electrons. The molecule has 3 rings (SSSR count). The van der Waals surface area contributed by atoms with Gasteiger partial charge in [0.15, 0.2) is 0 Å². The normalized spacial score (nSPS) is 13.8. The van der Waals surface area contributed by atoms with E-state index in [0.29, 0.717) is 0 Å². The number of anilines is 2. The van der Waals surface area contributed by atoms with Crippen molar-refractivity contribution in [3.05, 3.63) is 52.8 Å². The summed E-state index contributed by atoms with van der Waals surface area (Å²) in [5, 5.41) is 3.32. The highest BCUT2D eigenvalue weighted by Crippen LogP contribution is 2.36. The lowest BCUT2D eigenvalue weighted by atomic mass is 9.99. The molecule has 0 bridgehead atoms. The van der Waals surface area contributed by atoms with Crippen molar-refractivity contribution in [1.82, 2.24) is 0 Å². The van der Waals surface area contributed by atoms with Gasteiger partial charge in [-0.25, -0.2) is 4.39 Å². The molecule has 0 atom stereocenters. The quantitative estimate of drug-likeness (QED) is 0.807. The molecule has 0 fully saturated rings. The number of halogens is 1. The Balaban J connectivity index is 1.92. The van der Waals surface area contributed by atoms with E-state index in [1.54, 1.807) is 12.1 Å². The predicted octanol–water partition coefficient (Wildman–Crippen LogP) is 4.85. The smallest absolute Gasteiger partial charge is 0.123 e. The van der Waals surface area contributed by atoms with Crippen LogP contribution in [0.3, 0.4) is 0 Å². The molecule has 0 saturated carbocycles. The van der Waals surface area contributed by atoms with Crippen LogP contribution in [0.5, 0.6) is 0 Å². The summed E-state index contributed by atoms with van der Waals surface area (Å²) in [5.41, 5.74) is 6.13. The zero-order valence-corrected chi connectivity index (χ0v) is 14.8. The number of nitrogens with one attached hydrogen (secondary N) is 1. The van der Waals surface area contributed by atoms with Gasteiger partial charge in [-0.2, -0.15) is 0 Å². The second-order valence-corrected chi connectivity index (χ2v) is 7.21. The summed E-state index contributed by atoms with van der Waals surface area (Å²) in [6.45, 7) is 6.12. The van der Waals surface area contributed by atoms with Crippen molar-refractivity contribution in [3.63, 3.8) is 0 Å². The first kappa shape index (κ1) is 16.2. The molecule has 4 heteroatoms. The van der Waals surface area contributed by atoms with Crippen LogP contribution in [-0.2, 0) is 13.0 Å². The van der Waals surface area contributed by atoms with Crippen molar-refractivity contribution in [2.24, 2.45) is 0 Å². The third-order valence-corrected chi connectivity index (χ3v) is 5.30. The number of rotatable bonds is 4. The van der Waals surface area contributed by atoms with E-state index in [1.807, 2.05) is 24.9 Å². The highest BCUT2D eigenvalue weighted by atomic mass is 32.2. The fourth-order valence-electron chi connectivity index (χ4n) is 3.25. The van der Waals surface area contributed by atoms with E-state index < -0.39 is 0 Å². The number of nitrogens with zero attached hydrogens (tertiary/aromatic N) is 1. The number of aryl methyl sites for hydroxylation is 1. The average Bonchev–Trinajstić information content (AvgIpc) is 2.54. The van der Waals surface area contributed by atoms with Crippen LogP contribution in [0.15, 0.2) is 35.2 Å². The molecule has 1 N–H and O–H groups in total. The zero-order valence-electron chi connectivity index (χ0n) is 13.9. The van der Waals surface area contributed by atoms with Gasteiger partial charge in [0.2, 0.25) is 0 Å². The predicted molar refractivity (Wildman–Crippen MR) is 98.3 cm³/mol. The molecule has 0 unspecified atom stereocenters. The van der Waals surface area contributed by atoms with Gasteiger partial charge < -0.3 is 10.2 Å². The van der Waals surface area contributed by atoms with Crippen LogP contribution in [0.25, 0.3) is 0 Å². The van der Waals surface area contributed by atoms with E-state index in [9.17, 15) is 4.39 Å². The third kappa shape index (κ3) is 3.32. The molecule has 0 amide bonds. The Kier molecular flexibility index (Phi) is 4.81. The maximum absolute atomic E-state index is 13.4. The van der Waals surface area contributed by atoms with E-state index in [4.69, 9.17) is 0 Å². The number of hydrogen-bond donors (Lipinski definition) is 1. The summed E-state index contributed by atoms with van der Waals surface area (Å²) < 4.78 is 13.4. The maximum Gasteiger partial charge on any atom is 0.123 e. The van der Waals surface area contributed by atoms with Gasteiger partial charge in [-0.1, -0.05) is 13.0 Å². The first-order chi connectivity index (χ1) is 11.1. The highest BCUT2D eigenvalue weighted by molar-refractivity contribution is 7.99. The standard InChI is InChI=1S/C19H23FN2S/c1-4-23-18-11-17(9-13(2)19(18)21-3)22-8-7-14-10-16(20)6-5-15(14)12-22/h5-6,9-11,21H,4,7-8,12H2,1-3H3. The molecule has 0 saturated heterocycles. The zero-order chi connectivity index (χ0) is 16.4. The lowest BCUT2D eigenvalue weighted by molar-refractivity contribution is 0.619. The molecule has 1 heterocycles. The third-order valence-electron chi connectivity index (χ3n) is 4.38. The van der Waals surface area contributed by atoms with Crippen molar-refractivity contribution in [3.8, 4) is 0 Å². The summed E-state index contributed by atoms with van der Waals surface area (Å²) in [5.74, 6) is 0.924. The van der Waals surface area contributed by atoms with E-state index in [1.165, 1.54) is 27.4 Å². The summed E-state index contributed by atoms with van der Waals surface area (Å²) in [4.78, 5) is 3.70. The van der Waals surface area contributed by atoms with Crippen LogP contribution < -0.4 is 10.2 Å². The highest BCUT2D eigenvalue weighted by Gasteiger charge is 2.19. The van der Waals surface area contributed by atoms with Crippen LogP contribution in [-0.4, -0.2) is 19.3 Å². The second kappa shape index (κ2) is 6.83. The van der Waals surface area contributed by atoms with Crippen molar-refractivity contribution in [1.29, 1.82) is 0 Å². The van der Waals surface area contributed by atoms with Crippen molar-refractivity contribution >= 4 is 23.1 Å². The van der Waals surface area contributed by atoms with Crippen LogP contribution in [0.4, 0.5) is 15.8 Å². The molecule has 2 aromatic rings. The SMILES string of the molecule is CCSc1cc(N2CCc3cc(F)ccc3C2)cc(C)c1NC. The number of benzene rings is 2. The first-order valence-corrected chi connectivity index (χ1v) is 9.08. The minimum atomic E-state index is -0.131. The number of thioether (sulfide) groups is 1. The van der Waals surface area contributed by atoms with Crippen LogP contribution in [0.1, 0.15) is 23.6 Å². The van der Waals surface area contributed by atoms with Gasteiger partial charge in [0.05, 0.1) is 5.69 Å². The number of hydrogen-bond acceptors (Lipinski definition) is 3. The molecule has 2 nitrogen and oxygen atoms in total. The topological polar surface area (TPSA) is 15.3 Å². The van der Waals surface area contributed by atoms with Gasteiger partial charge >= 0.3 is 0 Å². The van der Waals surface area contributed by atoms with Gasteiger partial charge in [-0.15, -0.1) is 11.8 Å². The molecule has 2 aromatic carbocycles. The Morgan fingerprint density at radius 3 is 2.78 bits per heavy atom. The summed E-state index contributed by atoms with van der Waals surface area (Å²) in [6.07, 6.45) is 0.899. The molecule has 0 radical (unpaired) electrons. The summed E-state index contributed by atoms with van der Waals surface area (Å²) >= 11 is 1.87. The van der Waals surface area contributed by atoms with Crippen LogP contribution >= 0.6 is 11.8 Å². The Hall–Kier alpha value is -1.68. The Morgan fingerprint density at radius 1 is 1.22 bits per heavy atom. The molecular weight excluding hydrogens is 307 g/mol.